The van der Waals surface area contributed by atoms with Crippen molar-refractivity contribution in [3.05, 3.63) is 68.0 Å². The van der Waals surface area contributed by atoms with Crippen molar-refractivity contribution in [1.29, 1.82) is 5.26 Å². The standard InChI is InChI=1S/C15H8Cl3NO2S/c16-11-3-5-13(6-4-11)22(20,21)14(9-19)7-10-1-2-12(17)8-15(10)18/h1-8H/b14-7+. The fraction of sp³-hybridized carbons (Fsp3) is 0. The molecule has 0 unspecified atom stereocenters. The van der Waals surface area contributed by atoms with Gasteiger partial charge in [0.1, 0.15) is 11.0 Å². The second-order valence-electron chi connectivity index (χ2n) is 4.24. The Bertz CT molecular complexity index is 882. The zero-order valence-corrected chi connectivity index (χ0v) is 14.0. The van der Waals surface area contributed by atoms with Gasteiger partial charge in [-0.15, -0.1) is 0 Å². The highest BCUT2D eigenvalue weighted by molar-refractivity contribution is 7.95. The van der Waals surface area contributed by atoms with E-state index in [0.29, 0.717) is 15.6 Å². The lowest BCUT2D eigenvalue weighted by Crippen LogP contribution is -2.03. The van der Waals surface area contributed by atoms with Crippen molar-refractivity contribution < 1.29 is 8.42 Å². The fourth-order valence-corrected chi connectivity index (χ4v) is 3.41. The largest absolute Gasteiger partial charge is 0.218 e. The summed E-state index contributed by atoms with van der Waals surface area (Å²) in [6.45, 7) is 0. The third-order valence-corrected chi connectivity index (χ3v) is 5.27. The van der Waals surface area contributed by atoms with E-state index < -0.39 is 14.7 Å². The number of rotatable bonds is 3. The normalized spacial score (nSPS) is 12.0. The molecule has 0 radical (unpaired) electrons. The molecule has 0 aliphatic heterocycles. The Labute approximate surface area is 143 Å². The van der Waals surface area contributed by atoms with Crippen LogP contribution in [0.2, 0.25) is 15.1 Å². The van der Waals surface area contributed by atoms with E-state index in [0.717, 1.165) is 0 Å². The van der Waals surface area contributed by atoms with Gasteiger partial charge in [0.25, 0.3) is 0 Å². The van der Waals surface area contributed by atoms with Gasteiger partial charge in [0, 0.05) is 15.1 Å². The summed E-state index contributed by atoms with van der Waals surface area (Å²) in [6.07, 6.45) is 1.21. The van der Waals surface area contributed by atoms with Gasteiger partial charge in [0.2, 0.25) is 9.84 Å². The molecule has 0 spiro atoms. The van der Waals surface area contributed by atoms with Gasteiger partial charge in [0.15, 0.2) is 0 Å². The van der Waals surface area contributed by atoms with Gasteiger partial charge in [-0.2, -0.15) is 5.26 Å². The summed E-state index contributed by atoms with van der Waals surface area (Å²) in [5.41, 5.74) is 0.389. The lowest BCUT2D eigenvalue weighted by molar-refractivity contribution is 0.603. The lowest BCUT2D eigenvalue weighted by Gasteiger charge is -2.04. The van der Waals surface area contributed by atoms with Crippen LogP contribution in [0.1, 0.15) is 5.56 Å². The molecule has 0 bridgehead atoms. The Hall–Kier alpha value is -1.51. The van der Waals surface area contributed by atoms with Crippen LogP contribution in [0.5, 0.6) is 0 Å². The minimum Gasteiger partial charge on any atom is -0.218 e. The molecular formula is C15H8Cl3NO2S. The van der Waals surface area contributed by atoms with E-state index in [-0.39, 0.29) is 9.92 Å². The second-order valence-corrected chi connectivity index (χ2v) is 7.44. The summed E-state index contributed by atoms with van der Waals surface area (Å²) in [5.74, 6) is 0. The highest BCUT2D eigenvalue weighted by atomic mass is 35.5. The number of nitrogens with zero attached hydrogens (tertiary/aromatic N) is 1. The van der Waals surface area contributed by atoms with Crippen LogP contribution in [-0.4, -0.2) is 8.42 Å². The molecule has 2 rings (SSSR count). The molecule has 0 aliphatic carbocycles. The average Bonchev–Trinajstić information content (AvgIpc) is 2.46. The van der Waals surface area contributed by atoms with E-state index in [1.165, 1.54) is 36.4 Å². The third kappa shape index (κ3) is 3.63. The van der Waals surface area contributed by atoms with Crippen molar-refractivity contribution in [2.24, 2.45) is 0 Å². The molecule has 0 saturated carbocycles. The van der Waals surface area contributed by atoms with Crippen LogP contribution in [0.3, 0.4) is 0 Å². The topological polar surface area (TPSA) is 57.9 Å². The summed E-state index contributed by atoms with van der Waals surface area (Å²) >= 11 is 17.5. The molecule has 0 N–H and O–H groups in total. The van der Waals surface area contributed by atoms with Crippen molar-refractivity contribution in [3.8, 4) is 6.07 Å². The average molecular weight is 373 g/mol. The van der Waals surface area contributed by atoms with E-state index >= 15 is 0 Å². The number of allylic oxidation sites excluding steroid dienone is 1. The molecule has 0 amide bonds. The van der Waals surface area contributed by atoms with Gasteiger partial charge in [-0.3, -0.25) is 0 Å². The van der Waals surface area contributed by atoms with Crippen molar-refractivity contribution in [2.75, 3.05) is 0 Å². The molecular weight excluding hydrogens is 365 g/mol. The van der Waals surface area contributed by atoms with Gasteiger partial charge in [-0.1, -0.05) is 40.9 Å². The van der Waals surface area contributed by atoms with Crippen LogP contribution in [0.15, 0.2) is 52.3 Å². The van der Waals surface area contributed by atoms with Crippen LogP contribution in [0, 0.1) is 11.3 Å². The van der Waals surface area contributed by atoms with Gasteiger partial charge in [-0.05, 0) is 48.0 Å². The summed E-state index contributed by atoms with van der Waals surface area (Å²) < 4.78 is 24.9. The smallest absolute Gasteiger partial charge is 0.216 e. The van der Waals surface area contributed by atoms with Crippen LogP contribution >= 0.6 is 34.8 Å². The van der Waals surface area contributed by atoms with E-state index in [1.807, 2.05) is 0 Å². The predicted molar refractivity (Wildman–Crippen MR) is 88.7 cm³/mol. The summed E-state index contributed by atoms with van der Waals surface area (Å²) in [7, 11) is -3.94. The molecule has 3 nitrogen and oxygen atoms in total. The first-order valence-corrected chi connectivity index (χ1v) is 8.54. The molecule has 0 aliphatic rings. The van der Waals surface area contributed by atoms with Crippen LogP contribution < -0.4 is 0 Å². The molecule has 0 atom stereocenters. The first-order valence-electron chi connectivity index (χ1n) is 5.92. The Balaban J connectivity index is 2.53. The minimum absolute atomic E-state index is 0.0187. The van der Waals surface area contributed by atoms with Crippen molar-refractivity contribution >= 4 is 50.7 Å². The van der Waals surface area contributed by atoms with Gasteiger partial charge in [0.05, 0.1) is 4.90 Å². The quantitative estimate of drug-likeness (QED) is 0.713. The summed E-state index contributed by atoms with van der Waals surface area (Å²) in [5, 5.41) is 10.3. The maximum atomic E-state index is 12.5. The first kappa shape index (κ1) is 16.9. The zero-order valence-electron chi connectivity index (χ0n) is 10.9. The molecule has 0 heterocycles. The van der Waals surface area contributed by atoms with Crippen molar-refractivity contribution in [1.82, 2.24) is 0 Å². The molecule has 22 heavy (non-hydrogen) atoms. The summed E-state index contributed by atoms with van der Waals surface area (Å²) in [6, 6.07) is 11.8. The van der Waals surface area contributed by atoms with Crippen molar-refractivity contribution in [3.63, 3.8) is 0 Å². The molecule has 2 aromatic carbocycles. The molecule has 112 valence electrons. The summed E-state index contributed by atoms with van der Waals surface area (Å²) in [4.78, 5) is -0.436. The Morgan fingerprint density at radius 3 is 2.14 bits per heavy atom. The predicted octanol–water partition coefficient (Wildman–Crippen LogP) is 4.99. The van der Waals surface area contributed by atoms with E-state index in [1.54, 1.807) is 18.2 Å². The van der Waals surface area contributed by atoms with Gasteiger partial charge in [-0.25, -0.2) is 8.42 Å². The number of halogens is 3. The highest BCUT2D eigenvalue weighted by Gasteiger charge is 2.21. The molecule has 0 saturated heterocycles. The van der Waals surface area contributed by atoms with Crippen LogP contribution in [0.25, 0.3) is 6.08 Å². The SMILES string of the molecule is N#C/C(=C\c1ccc(Cl)cc1Cl)S(=O)(=O)c1ccc(Cl)cc1. The number of hydrogen-bond acceptors (Lipinski definition) is 3. The Morgan fingerprint density at radius 2 is 1.59 bits per heavy atom. The van der Waals surface area contributed by atoms with Crippen LogP contribution in [0.4, 0.5) is 0 Å². The monoisotopic (exact) mass is 371 g/mol. The van der Waals surface area contributed by atoms with Crippen LogP contribution in [-0.2, 0) is 9.84 Å². The highest BCUT2D eigenvalue weighted by Crippen LogP contribution is 2.27. The molecule has 0 aromatic heterocycles. The molecule has 7 heteroatoms. The Kier molecular flexibility index (Phi) is 5.15. The van der Waals surface area contributed by atoms with E-state index in [9.17, 15) is 13.7 Å². The minimum atomic E-state index is -3.94. The number of nitriles is 1. The number of sulfone groups is 1. The maximum absolute atomic E-state index is 12.5. The van der Waals surface area contributed by atoms with Gasteiger partial charge < -0.3 is 0 Å². The zero-order chi connectivity index (χ0) is 16.3. The first-order chi connectivity index (χ1) is 10.3. The number of hydrogen-bond donors (Lipinski definition) is 0. The molecule has 0 fully saturated rings. The van der Waals surface area contributed by atoms with Gasteiger partial charge >= 0.3 is 0 Å². The molecule has 2 aromatic rings. The third-order valence-electron chi connectivity index (χ3n) is 2.77. The fourth-order valence-electron chi connectivity index (χ4n) is 1.67. The van der Waals surface area contributed by atoms with E-state index in [4.69, 9.17) is 34.8 Å². The number of benzene rings is 2. The maximum Gasteiger partial charge on any atom is 0.216 e. The lowest BCUT2D eigenvalue weighted by atomic mass is 10.2. The van der Waals surface area contributed by atoms with Crippen molar-refractivity contribution in [2.45, 2.75) is 4.90 Å². The second kappa shape index (κ2) is 6.72. The van der Waals surface area contributed by atoms with E-state index in [2.05, 4.69) is 0 Å². The Morgan fingerprint density at radius 1 is 1.00 bits per heavy atom.